The van der Waals surface area contributed by atoms with Gasteiger partial charge in [0.1, 0.15) is 10.8 Å². The Balaban J connectivity index is 1.81. The van der Waals surface area contributed by atoms with Crippen molar-refractivity contribution >= 4 is 17.5 Å². The molecule has 1 aliphatic carbocycles. The van der Waals surface area contributed by atoms with Gasteiger partial charge in [0, 0.05) is 6.42 Å². The second-order valence-electron chi connectivity index (χ2n) is 4.65. The van der Waals surface area contributed by atoms with Crippen molar-refractivity contribution in [3.8, 4) is 0 Å². The molecule has 2 aromatic rings. The maximum absolute atomic E-state index is 12.1. The predicted molar refractivity (Wildman–Crippen MR) is 73.4 cm³/mol. The molecule has 0 spiro atoms. The van der Waals surface area contributed by atoms with Gasteiger partial charge in [0.2, 0.25) is 0 Å². The zero-order valence-corrected chi connectivity index (χ0v) is 11.2. The summed E-state index contributed by atoms with van der Waals surface area (Å²) in [4.78, 5) is 19.8. The summed E-state index contributed by atoms with van der Waals surface area (Å²) < 4.78 is 0. The average molecular weight is 290 g/mol. The number of amides is 1. The summed E-state index contributed by atoms with van der Waals surface area (Å²) >= 11 is 5.63. The molecule has 1 aromatic heterocycles. The molecule has 1 amide bonds. The van der Waals surface area contributed by atoms with E-state index < -0.39 is 12.1 Å². The zero-order valence-electron chi connectivity index (χ0n) is 10.5. The van der Waals surface area contributed by atoms with Gasteiger partial charge in [-0.1, -0.05) is 35.9 Å². The molecule has 0 aliphatic heterocycles. The Morgan fingerprint density at radius 1 is 1.30 bits per heavy atom. The highest BCUT2D eigenvalue weighted by molar-refractivity contribution is 6.29. The summed E-state index contributed by atoms with van der Waals surface area (Å²) in [5.74, 6) is -0.380. The second kappa shape index (κ2) is 5.19. The zero-order chi connectivity index (χ0) is 14.1. The van der Waals surface area contributed by atoms with Gasteiger partial charge in [-0.25, -0.2) is 9.97 Å². The molecule has 2 N–H and O–H groups in total. The van der Waals surface area contributed by atoms with Gasteiger partial charge in [-0.05, 0) is 11.1 Å². The topological polar surface area (TPSA) is 75.1 Å². The minimum Gasteiger partial charge on any atom is -0.390 e. The van der Waals surface area contributed by atoms with Gasteiger partial charge < -0.3 is 10.4 Å². The smallest absolute Gasteiger partial charge is 0.272 e. The van der Waals surface area contributed by atoms with Crippen molar-refractivity contribution in [2.75, 3.05) is 0 Å². The summed E-state index contributed by atoms with van der Waals surface area (Å²) in [6, 6.07) is 7.24. The van der Waals surface area contributed by atoms with Crippen molar-refractivity contribution < 1.29 is 9.90 Å². The molecule has 0 bridgehead atoms. The third-order valence-electron chi connectivity index (χ3n) is 3.34. The van der Waals surface area contributed by atoms with Crippen LogP contribution in [0.25, 0.3) is 0 Å². The van der Waals surface area contributed by atoms with Crippen LogP contribution in [0, 0.1) is 0 Å². The molecule has 0 saturated carbocycles. The molecule has 0 radical (unpaired) electrons. The maximum Gasteiger partial charge on any atom is 0.272 e. The van der Waals surface area contributed by atoms with Gasteiger partial charge in [-0.3, -0.25) is 4.79 Å². The lowest BCUT2D eigenvalue weighted by Crippen LogP contribution is -2.34. The van der Waals surface area contributed by atoms with E-state index in [1.54, 1.807) is 0 Å². The van der Waals surface area contributed by atoms with Crippen LogP contribution in [0.5, 0.6) is 0 Å². The van der Waals surface area contributed by atoms with Crippen molar-refractivity contribution in [1.82, 2.24) is 15.3 Å². The van der Waals surface area contributed by atoms with Gasteiger partial charge in [0.25, 0.3) is 5.91 Å². The Labute approximate surface area is 120 Å². The first-order valence-corrected chi connectivity index (χ1v) is 6.57. The molecular weight excluding hydrogens is 278 g/mol. The van der Waals surface area contributed by atoms with E-state index in [2.05, 4.69) is 15.3 Å². The van der Waals surface area contributed by atoms with Crippen molar-refractivity contribution in [2.45, 2.75) is 18.6 Å². The Kier molecular flexibility index (Phi) is 3.38. The van der Waals surface area contributed by atoms with Gasteiger partial charge in [0.05, 0.1) is 24.5 Å². The number of aliphatic hydroxyl groups is 1. The SMILES string of the molecule is O=C(N[C@@H]1c2ccccc2C[C@@H]1O)c1cnc(Cl)cn1. The molecule has 0 saturated heterocycles. The standard InChI is InChI=1S/C14H12ClN3O2/c15-12-7-16-10(6-17-12)14(20)18-13-9-4-2-1-3-8(9)5-11(13)19/h1-4,6-7,11,13,19H,5H2,(H,18,20)/t11-,13+/m0/s1. The predicted octanol–water partition coefficient (Wildman–Crippen LogP) is 1.52. The van der Waals surface area contributed by atoms with E-state index >= 15 is 0 Å². The highest BCUT2D eigenvalue weighted by atomic mass is 35.5. The lowest BCUT2D eigenvalue weighted by Gasteiger charge is -2.17. The first-order chi connectivity index (χ1) is 9.65. The van der Waals surface area contributed by atoms with Gasteiger partial charge in [0.15, 0.2) is 0 Å². The molecular formula is C14H12ClN3O2. The number of rotatable bonds is 2. The summed E-state index contributed by atoms with van der Waals surface area (Å²) in [5.41, 5.74) is 2.16. The molecule has 0 unspecified atom stereocenters. The van der Waals surface area contributed by atoms with E-state index in [1.807, 2.05) is 24.3 Å². The van der Waals surface area contributed by atoms with E-state index in [1.165, 1.54) is 12.4 Å². The van der Waals surface area contributed by atoms with Crippen molar-refractivity contribution in [1.29, 1.82) is 0 Å². The summed E-state index contributed by atoms with van der Waals surface area (Å²) in [6.45, 7) is 0. The molecule has 1 heterocycles. The molecule has 1 aliphatic rings. The number of nitrogens with zero attached hydrogens (tertiary/aromatic N) is 2. The maximum atomic E-state index is 12.1. The third kappa shape index (κ3) is 2.37. The van der Waals surface area contributed by atoms with Crippen LogP contribution in [0.1, 0.15) is 27.7 Å². The number of halogens is 1. The van der Waals surface area contributed by atoms with Crippen LogP contribution < -0.4 is 5.32 Å². The molecule has 102 valence electrons. The third-order valence-corrected chi connectivity index (χ3v) is 3.54. The summed E-state index contributed by atoms with van der Waals surface area (Å²) in [7, 11) is 0. The monoisotopic (exact) mass is 289 g/mol. The minimum absolute atomic E-state index is 0.172. The number of aromatic nitrogens is 2. The number of carbonyl (C=O) groups excluding carboxylic acids is 1. The van der Waals surface area contributed by atoms with Crippen LogP contribution in [0.15, 0.2) is 36.7 Å². The van der Waals surface area contributed by atoms with Crippen LogP contribution in [-0.2, 0) is 6.42 Å². The minimum atomic E-state index is -0.628. The Hall–Kier alpha value is -1.98. The number of carbonyl (C=O) groups is 1. The number of hydrogen-bond acceptors (Lipinski definition) is 4. The lowest BCUT2D eigenvalue weighted by atomic mass is 10.1. The second-order valence-corrected chi connectivity index (χ2v) is 5.03. The Bertz CT molecular complexity index is 645. The Morgan fingerprint density at radius 3 is 2.85 bits per heavy atom. The number of aliphatic hydroxyl groups excluding tert-OH is 1. The highest BCUT2D eigenvalue weighted by Crippen LogP contribution is 2.31. The summed E-state index contributed by atoms with van der Waals surface area (Å²) in [5, 5.41) is 13.1. The molecule has 6 heteroatoms. The average Bonchev–Trinajstić information content (AvgIpc) is 2.76. The number of hydrogen-bond donors (Lipinski definition) is 2. The van der Waals surface area contributed by atoms with E-state index in [4.69, 9.17) is 11.6 Å². The largest absolute Gasteiger partial charge is 0.390 e. The van der Waals surface area contributed by atoms with Crippen molar-refractivity contribution in [3.05, 3.63) is 58.6 Å². The van der Waals surface area contributed by atoms with E-state index in [0.717, 1.165) is 11.1 Å². The highest BCUT2D eigenvalue weighted by Gasteiger charge is 2.32. The normalized spacial score (nSPS) is 20.5. The lowest BCUT2D eigenvalue weighted by molar-refractivity contribution is 0.0853. The van der Waals surface area contributed by atoms with Gasteiger partial charge in [-0.2, -0.15) is 0 Å². The quantitative estimate of drug-likeness (QED) is 0.879. The number of fused-ring (bicyclic) bond motifs is 1. The van der Waals surface area contributed by atoms with Crippen LogP contribution in [0.2, 0.25) is 5.15 Å². The first-order valence-electron chi connectivity index (χ1n) is 6.19. The molecule has 5 nitrogen and oxygen atoms in total. The van der Waals surface area contributed by atoms with Crippen LogP contribution in [-0.4, -0.2) is 27.1 Å². The fourth-order valence-electron chi connectivity index (χ4n) is 2.39. The fraction of sp³-hybridized carbons (Fsp3) is 0.214. The molecule has 0 fully saturated rings. The van der Waals surface area contributed by atoms with E-state index in [0.29, 0.717) is 6.42 Å². The van der Waals surface area contributed by atoms with Crippen molar-refractivity contribution in [3.63, 3.8) is 0 Å². The molecule has 1 aromatic carbocycles. The number of nitrogens with one attached hydrogen (secondary N) is 1. The fourth-order valence-corrected chi connectivity index (χ4v) is 2.49. The number of benzene rings is 1. The van der Waals surface area contributed by atoms with E-state index in [-0.39, 0.29) is 16.8 Å². The molecule has 2 atom stereocenters. The van der Waals surface area contributed by atoms with Gasteiger partial charge in [-0.15, -0.1) is 0 Å². The molecule has 3 rings (SSSR count). The van der Waals surface area contributed by atoms with Crippen molar-refractivity contribution in [2.24, 2.45) is 0 Å². The van der Waals surface area contributed by atoms with Crippen LogP contribution in [0.4, 0.5) is 0 Å². The van der Waals surface area contributed by atoms with Crippen LogP contribution >= 0.6 is 11.6 Å². The van der Waals surface area contributed by atoms with Crippen LogP contribution in [0.3, 0.4) is 0 Å². The van der Waals surface area contributed by atoms with Gasteiger partial charge >= 0.3 is 0 Å². The first kappa shape index (κ1) is 13.0. The molecule has 20 heavy (non-hydrogen) atoms. The Morgan fingerprint density at radius 2 is 2.10 bits per heavy atom. The van der Waals surface area contributed by atoms with E-state index in [9.17, 15) is 9.90 Å². The summed E-state index contributed by atoms with van der Waals surface area (Å²) in [6.07, 6.45) is 2.53.